The molecule has 0 fully saturated rings. The minimum Gasteiger partial charge on any atom is -0.378 e. The first-order valence-electron chi connectivity index (χ1n) is 12.5. The molecule has 0 saturated heterocycles. The van der Waals surface area contributed by atoms with Crippen LogP contribution < -0.4 is 4.90 Å². The Labute approximate surface area is 228 Å². The van der Waals surface area contributed by atoms with Gasteiger partial charge in [-0.15, -0.1) is 46.2 Å². The van der Waals surface area contributed by atoms with Crippen LogP contribution in [0.1, 0.15) is 73.9 Å². The van der Waals surface area contributed by atoms with Gasteiger partial charge in [-0.2, -0.15) is 0 Å². The molecule has 2 heterocycles. The van der Waals surface area contributed by atoms with E-state index in [9.17, 15) is 0 Å². The molecule has 1 aliphatic rings. The lowest BCUT2D eigenvalue weighted by Crippen LogP contribution is -2.07. The van der Waals surface area contributed by atoms with Crippen LogP contribution in [0.5, 0.6) is 0 Å². The summed E-state index contributed by atoms with van der Waals surface area (Å²) in [6.45, 7) is 9.17. The molecular weight excluding hydrogens is 503 g/mol. The Balaban J connectivity index is 1.61. The lowest BCUT2D eigenvalue weighted by molar-refractivity contribution is 0.941. The molecule has 0 amide bonds. The second-order valence-electron chi connectivity index (χ2n) is 9.11. The van der Waals surface area contributed by atoms with Crippen LogP contribution in [-0.2, 0) is 0 Å². The number of aryl methyl sites for hydroxylation is 2. The minimum absolute atomic E-state index is 0.569. The van der Waals surface area contributed by atoms with Gasteiger partial charge in [0.25, 0.3) is 0 Å². The van der Waals surface area contributed by atoms with Crippen LogP contribution in [0.15, 0.2) is 36.4 Å². The maximum Gasteiger partial charge on any atom is 0.0843 e. The third-order valence-electron chi connectivity index (χ3n) is 6.46. The molecule has 1 aliphatic carbocycles. The minimum atomic E-state index is 0.569. The molecule has 0 bridgehead atoms. The zero-order valence-corrected chi connectivity index (χ0v) is 25.1. The fourth-order valence-corrected chi connectivity index (χ4v) is 9.57. The molecule has 0 saturated carbocycles. The Bertz CT molecular complexity index is 1190. The zero-order chi connectivity index (χ0) is 24.9. The molecule has 0 atom stereocenters. The van der Waals surface area contributed by atoms with Crippen molar-refractivity contribution in [2.45, 2.75) is 51.5 Å². The average Bonchev–Trinajstić information content (AvgIpc) is 3.55. The number of thioether (sulfide) groups is 2. The number of thiophene rings is 2. The van der Waals surface area contributed by atoms with Gasteiger partial charge in [-0.25, -0.2) is 0 Å². The van der Waals surface area contributed by atoms with Gasteiger partial charge in [0.15, 0.2) is 0 Å². The SMILES string of the molecule is CCSC(SCC)c1cc(C2=C(c3cc(/C=C/c4ccc(N(C)C)cc4)sc3C)CCC2)c(C)s1. The second-order valence-corrected chi connectivity index (χ2v) is 14.7. The highest BCUT2D eigenvalue weighted by Crippen LogP contribution is 2.48. The first-order valence-corrected chi connectivity index (χ1v) is 16.3. The van der Waals surface area contributed by atoms with Crippen LogP contribution in [0.25, 0.3) is 23.3 Å². The van der Waals surface area contributed by atoms with Crippen LogP contribution >= 0.6 is 46.2 Å². The van der Waals surface area contributed by atoms with Crippen molar-refractivity contribution in [1.29, 1.82) is 0 Å². The third-order valence-corrected chi connectivity index (χ3v) is 11.5. The van der Waals surface area contributed by atoms with E-state index in [1.54, 1.807) is 16.0 Å². The number of anilines is 1. The lowest BCUT2D eigenvalue weighted by atomic mass is 9.97. The van der Waals surface area contributed by atoms with Gasteiger partial charge >= 0.3 is 0 Å². The van der Waals surface area contributed by atoms with Gasteiger partial charge in [0.2, 0.25) is 0 Å². The fourth-order valence-electron chi connectivity index (χ4n) is 4.72. The number of rotatable bonds is 10. The fraction of sp³-hybridized carbons (Fsp3) is 0.400. The lowest BCUT2D eigenvalue weighted by Gasteiger charge is -2.12. The Morgan fingerprint density at radius 1 is 0.857 bits per heavy atom. The molecule has 0 N–H and O–H groups in total. The maximum atomic E-state index is 2.52. The van der Waals surface area contributed by atoms with Crippen molar-refractivity contribution in [1.82, 2.24) is 0 Å². The number of allylic oxidation sites excluding steroid dienone is 2. The zero-order valence-electron chi connectivity index (χ0n) is 21.8. The van der Waals surface area contributed by atoms with Crippen molar-refractivity contribution in [2.75, 3.05) is 30.5 Å². The molecule has 0 radical (unpaired) electrons. The van der Waals surface area contributed by atoms with Crippen LogP contribution in [0.4, 0.5) is 5.69 Å². The maximum absolute atomic E-state index is 2.52. The molecule has 186 valence electrons. The Morgan fingerprint density at radius 2 is 1.46 bits per heavy atom. The Morgan fingerprint density at radius 3 is 2.06 bits per heavy atom. The number of nitrogens with zero attached hydrogens (tertiary/aromatic N) is 1. The van der Waals surface area contributed by atoms with E-state index >= 15 is 0 Å². The van der Waals surface area contributed by atoms with Gasteiger partial charge in [-0.3, -0.25) is 0 Å². The summed E-state index contributed by atoms with van der Waals surface area (Å²) >= 11 is 8.09. The summed E-state index contributed by atoms with van der Waals surface area (Å²) < 4.78 is 0.569. The molecule has 2 aromatic heterocycles. The van der Waals surface area contributed by atoms with Crippen LogP contribution in [0.3, 0.4) is 0 Å². The highest BCUT2D eigenvalue weighted by molar-refractivity contribution is 8.16. The molecule has 1 nitrogen and oxygen atoms in total. The molecule has 0 unspecified atom stereocenters. The van der Waals surface area contributed by atoms with E-state index in [1.807, 2.05) is 22.7 Å². The van der Waals surface area contributed by atoms with E-state index in [2.05, 4.69) is 119 Å². The molecule has 1 aromatic carbocycles. The monoisotopic (exact) mass is 539 g/mol. The first kappa shape index (κ1) is 26.7. The summed E-state index contributed by atoms with van der Waals surface area (Å²) in [5, 5.41) is 0. The van der Waals surface area contributed by atoms with E-state index in [-0.39, 0.29) is 0 Å². The Hall–Kier alpha value is -1.40. The van der Waals surface area contributed by atoms with E-state index in [0.29, 0.717) is 4.58 Å². The van der Waals surface area contributed by atoms with Crippen molar-refractivity contribution >= 4 is 75.2 Å². The Kier molecular flexibility index (Phi) is 9.31. The molecule has 35 heavy (non-hydrogen) atoms. The summed E-state index contributed by atoms with van der Waals surface area (Å²) in [6.07, 6.45) is 8.19. The molecule has 0 aliphatic heterocycles. The summed E-state index contributed by atoms with van der Waals surface area (Å²) in [7, 11) is 4.16. The second kappa shape index (κ2) is 12.2. The van der Waals surface area contributed by atoms with Gasteiger partial charge < -0.3 is 4.90 Å². The van der Waals surface area contributed by atoms with Gasteiger partial charge in [-0.05, 0) is 103 Å². The van der Waals surface area contributed by atoms with Crippen LogP contribution in [-0.4, -0.2) is 25.6 Å². The molecule has 0 spiro atoms. The first-order chi connectivity index (χ1) is 16.9. The summed E-state index contributed by atoms with van der Waals surface area (Å²) in [5.74, 6) is 2.34. The average molecular weight is 540 g/mol. The number of hydrogen-bond donors (Lipinski definition) is 0. The molecule has 4 rings (SSSR count). The molecule has 3 aromatic rings. The molecular formula is C30H37NS4. The quantitative estimate of drug-likeness (QED) is 0.236. The topological polar surface area (TPSA) is 3.24 Å². The van der Waals surface area contributed by atoms with Gasteiger partial charge in [0.05, 0.1) is 4.58 Å². The predicted molar refractivity (Wildman–Crippen MR) is 167 cm³/mol. The number of benzene rings is 1. The van der Waals surface area contributed by atoms with E-state index in [0.717, 1.165) is 0 Å². The normalized spacial score (nSPS) is 14.1. The largest absolute Gasteiger partial charge is 0.378 e. The standard InChI is InChI=1S/C30H37NS4/c1-7-32-30(33-8-2)29-19-28(21(4)35-29)26-11-9-10-25(26)27-18-24(34-20(27)3)17-14-22-12-15-23(16-13-22)31(5)6/h12-19,30H,7-11H2,1-6H3/b17-14+. The summed E-state index contributed by atoms with van der Waals surface area (Å²) in [5.41, 5.74) is 8.65. The third kappa shape index (κ3) is 6.30. The van der Waals surface area contributed by atoms with Gasteiger partial charge in [0.1, 0.15) is 0 Å². The summed E-state index contributed by atoms with van der Waals surface area (Å²) in [6, 6.07) is 13.7. The predicted octanol–water partition coefficient (Wildman–Crippen LogP) is 10.3. The molecule has 5 heteroatoms. The van der Waals surface area contributed by atoms with Crippen LogP contribution in [0.2, 0.25) is 0 Å². The highest BCUT2D eigenvalue weighted by atomic mass is 32.2. The van der Waals surface area contributed by atoms with Crippen LogP contribution in [0, 0.1) is 13.8 Å². The van der Waals surface area contributed by atoms with Crippen molar-refractivity contribution in [3.05, 3.63) is 72.6 Å². The van der Waals surface area contributed by atoms with Gasteiger partial charge in [0, 0.05) is 39.3 Å². The smallest absolute Gasteiger partial charge is 0.0843 e. The summed E-state index contributed by atoms with van der Waals surface area (Å²) in [4.78, 5) is 7.95. The van der Waals surface area contributed by atoms with E-state index in [1.165, 1.54) is 67.8 Å². The van der Waals surface area contributed by atoms with Gasteiger partial charge in [-0.1, -0.05) is 32.1 Å². The van der Waals surface area contributed by atoms with Crippen molar-refractivity contribution < 1.29 is 0 Å². The van der Waals surface area contributed by atoms with Crippen molar-refractivity contribution in [3.8, 4) is 0 Å². The van der Waals surface area contributed by atoms with E-state index < -0.39 is 0 Å². The van der Waals surface area contributed by atoms with Crippen molar-refractivity contribution in [2.24, 2.45) is 0 Å². The van der Waals surface area contributed by atoms with Crippen molar-refractivity contribution in [3.63, 3.8) is 0 Å². The number of hydrogen-bond acceptors (Lipinski definition) is 5. The highest BCUT2D eigenvalue weighted by Gasteiger charge is 2.24. The van der Waals surface area contributed by atoms with E-state index in [4.69, 9.17) is 0 Å².